The highest BCUT2D eigenvalue weighted by atomic mass is 32.2. The zero-order valence-corrected chi connectivity index (χ0v) is 16.2. The van der Waals surface area contributed by atoms with Gasteiger partial charge >= 0.3 is 5.97 Å². The van der Waals surface area contributed by atoms with Crippen LogP contribution in [0.4, 0.5) is 0 Å². The number of fused-ring (bicyclic) bond motifs is 2. The van der Waals surface area contributed by atoms with Gasteiger partial charge in [-0.05, 0) is 18.8 Å². The number of rotatable bonds is 9. The third-order valence-corrected chi connectivity index (χ3v) is 5.77. The predicted molar refractivity (Wildman–Crippen MR) is 96.7 cm³/mol. The Morgan fingerprint density at radius 3 is 2.65 bits per heavy atom. The molecule has 1 fully saturated rings. The highest BCUT2D eigenvalue weighted by molar-refractivity contribution is 7.85. The summed E-state index contributed by atoms with van der Waals surface area (Å²) in [6.45, 7) is 7.40. The van der Waals surface area contributed by atoms with E-state index in [1.165, 1.54) is 0 Å². The molecule has 4 unspecified atom stereocenters. The third-order valence-electron chi connectivity index (χ3n) is 5.23. The van der Waals surface area contributed by atoms with Crippen molar-refractivity contribution in [2.24, 2.45) is 28.6 Å². The zero-order chi connectivity index (χ0) is 19.8. The van der Waals surface area contributed by atoms with Gasteiger partial charge in [0.15, 0.2) is 0 Å². The highest BCUT2D eigenvalue weighted by Crippen LogP contribution is 2.58. The summed E-state index contributed by atoms with van der Waals surface area (Å²) in [4.78, 5) is 24.6. The van der Waals surface area contributed by atoms with Crippen LogP contribution in [0.3, 0.4) is 0 Å². The van der Waals surface area contributed by atoms with Gasteiger partial charge in [-0.25, -0.2) is 0 Å². The average Bonchev–Trinajstić information content (AvgIpc) is 3.06. The normalized spacial score (nSPS) is 30.3. The van der Waals surface area contributed by atoms with Crippen LogP contribution in [-0.2, 0) is 23.9 Å². The lowest BCUT2D eigenvalue weighted by Gasteiger charge is -2.34. The number of aliphatic carboxylic acids is 1. The third kappa shape index (κ3) is 4.35. The van der Waals surface area contributed by atoms with Crippen LogP contribution in [0.25, 0.3) is 0 Å². The van der Waals surface area contributed by atoms with Crippen molar-refractivity contribution in [1.82, 2.24) is 5.32 Å². The summed E-state index contributed by atoms with van der Waals surface area (Å²) in [7, 11) is -3.57. The molecular weight excluding hydrogens is 358 g/mol. The molecule has 26 heavy (non-hydrogen) atoms. The maximum Gasteiger partial charge on any atom is 0.307 e. The summed E-state index contributed by atoms with van der Waals surface area (Å²) in [5.74, 6) is -2.86. The SMILES string of the molecule is C=CCC12C=CC(C1)C(C(=O)O)C2C(=O)NCC(C)(C)COS(C)(=O)=O. The Kier molecular flexibility index (Phi) is 5.68. The molecule has 7 nitrogen and oxygen atoms in total. The van der Waals surface area contributed by atoms with Crippen molar-refractivity contribution < 1.29 is 27.3 Å². The smallest absolute Gasteiger partial charge is 0.307 e. The number of carboxylic acid groups (broad SMARTS) is 1. The van der Waals surface area contributed by atoms with Gasteiger partial charge in [-0.2, -0.15) is 8.42 Å². The van der Waals surface area contributed by atoms with Crippen molar-refractivity contribution in [3.8, 4) is 0 Å². The first kappa shape index (κ1) is 20.6. The lowest BCUT2D eigenvalue weighted by Crippen LogP contribution is -2.47. The lowest BCUT2D eigenvalue weighted by molar-refractivity contribution is -0.149. The summed E-state index contributed by atoms with van der Waals surface area (Å²) in [6, 6.07) is 0. The first-order valence-corrected chi connectivity index (χ1v) is 10.4. The van der Waals surface area contributed by atoms with Crippen LogP contribution in [0.15, 0.2) is 24.8 Å². The minimum absolute atomic E-state index is 0.0700. The van der Waals surface area contributed by atoms with Crippen LogP contribution in [-0.4, -0.2) is 44.8 Å². The molecule has 4 atom stereocenters. The topological polar surface area (TPSA) is 110 Å². The van der Waals surface area contributed by atoms with Crippen LogP contribution >= 0.6 is 0 Å². The molecule has 0 saturated heterocycles. The maximum absolute atomic E-state index is 12.9. The fourth-order valence-corrected chi connectivity index (χ4v) is 4.56. The van der Waals surface area contributed by atoms with E-state index in [-0.39, 0.29) is 25.0 Å². The molecule has 1 amide bonds. The van der Waals surface area contributed by atoms with Crippen molar-refractivity contribution in [2.45, 2.75) is 26.7 Å². The van der Waals surface area contributed by atoms with Gasteiger partial charge in [0.2, 0.25) is 5.91 Å². The standard InChI is InChI=1S/C18H27NO6S/c1-5-7-18-8-6-12(9-18)13(16(21)22)14(18)15(20)19-10-17(2,3)11-25-26(4,23)24/h5-6,8,12-14H,1,7,9-11H2,2-4H3,(H,19,20)(H,21,22). The molecule has 2 rings (SSSR count). The van der Waals surface area contributed by atoms with E-state index in [1.54, 1.807) is 19.9 Å². The number of carboxylic acids is 1. The van der Waals surface area contributed by atoms with Gasteiger partial charge in [-0.3, -0.25) is 13.8 Å². The lowest BCUT2D eigenvalue weighted by atomic mass is 9.71. The van der Waals surface area contributed by atoms with Crippen molar-refractivity contribution in [3.63, 3.8) is 0 Å². The Hall–Kier alpha value is -1.67. The molecule has 0 aliphatic heterocycles. The molecule has 0 heterocycles. The fourth-order valence-electron chi connectivity index (χ4n) is 4.02. The Morgan fingerprint density at radius 1 is 1.46 bits per heavy atom. The molecule has 1 saturated carbocycles. The van der Waals surface area contributed by atoms with Crippen molar-refractivity contribution in [1.29, 1.82) is 0 Å². The molecule has 2 aliphatic carbocycles. The summed E-state index contributed by atoms with van der Waals surface area (Å²) >= 11 is 0. The molecule has 2 aliphatic rings. The van der Waals surface area contributed by atoms with Crippen molar-refractivity contribution in [3.05, 3.63) is 24.8 Å². The Labute approximate surface area is 154 Å². The molecule has 0 aromatic rings. The van der Waals surface area contributed by atoms with E-state index in [1.807, 2.05) is 12.2 Å². The summed E-state index contributed by atoms with van der Waals surface area (Å²) < 4.78 is 27.1. The summed E-state index contributed by atoms with van der Waals surface area (Å²) in [5, 5.41) is 12.4. The number of amides is 1. The van der Waals surface area contributed by atoms with Gasteiger partial charge in [0, 0.05) is 17.4 Å². The second-order valence-electron chi connectivity index (χ2n) is 8.14. The zero-order valence-electron chi connectivity index (χ0n) is 15.4. The summed E-state index contributed by atoms with van der Waals surface area (Å²) in [5.41, 5.74) is -1.12. The Bertz CT molecular complexity index is 726. The van der Waals surface area contributed by atoms with E-state index in [4.69, 9.17) is 4.18 Å². The molecule has 146 valence electrons. The second kappa shape index (κ2) is 7.15. The largest absolute Gasteiger partial charge is 0.481 e. The van der Waals surface area contributed by atoms with Crippen molar-refractivity contribution in [2.75, 3.05) is 19.4 Å². The molecule has 0 aromatic heterocycles. The first-order chi connectivity index (χ1) is 11.9. The monoisotopic (exact) mass is 385 g/mol. The first-order valence-electron chi connectivity index (χ1n) is 8.56. The maximum atomic E-state index is 12.9. The molecule has 0 aromatic carbocycles. The van der Waals surface area contributed by atoms with Crippen LogP contribution in [0.2, 0.25) is 0 Å². The van der Waals surface area contributed by atoms with E-state index < -0.39 is 38.8 Å². The van der Waals surface area contributed by atoms with Crippen LogP contribution in [0.1, 0.15) is 26.7 Å². The molecule has 2 bridgehead atoms. The van der Waals surface area contributed by atoms with Gasteiger partial charge in [0.05, 0.1) is 24.7 Å². The number of nitrogens with one attached hydrogen (secondary N) is 1. The van der Waals surface area contributed by atoms with Gasteiger partial charge < -0.3 is 10.4 Å². The fraction of sp³-hybridized carbons (Fsp3) is 0.667. The number of allylic oxidation sites excluding steroid dienone is 3. The quantitative estimate of drug-likeness (QED) is 0.461. The summed E-state index contributed by atoms with van der Waals surface area (Å²) in [6.07, 6.45) is 7.73. The van der Waals surface area contributed by atoms with Crippen LogP contribution in [0.5, 0.6) is 0 Å². The average molecular weight is 385 g/mol. The van der Waals surface area contributed by atoms with E-state index in [9.17, 15) is 23.1 Å². The number of carbonyl (C=O) groups excluding carboxylic acids is 1. The van der Waals surface area contributed by atoms with Crippen LogP contribution < -0.4 is 5.32 Å². The molecule has 0 radical (unpaired) electrons. The van der Waals surface area contributed by atoms with E-state index in [0.717, 1.165) is 6.26 Å². The minimum Gasteiger partial charge on any atom is -0.481 e. The van der Waals surface area contributed by atoms with Crippen LogP contribution in [0, 0.1) is 28.6 Å². The van der Waals surface area contributed by atoms with E-state index >= 15 is 0 Å². The van der Waals surface area contributed by atoms with Gasteiger partial charge in [0.1, 0.15) is 0 Å². The highest BCUT2D eigenvalue weighted by Gasteiger charge is 2.59. The van der Waals surface area contributed by atoms with Gasteiger partial charge in [-0.15, -0.1) is 6.58 Å². The van der Waals surface area contributed by atoms with E-state index in [0.29, 0.717) is 12.8 Å². The number of hydrogen-bond acceptors (Lipinski definition) is 5. The number of hydrogen-bond donors (Lipinski definition) is 2. The second-order valence-corrected chi connectivity index (χ2v) is 9.79. The molecule has 0 spiro atoms. The predicted octanol–water partition coefficient (Wildman–Crippen LogP) is 1.57. The number of carbonyl (C=O) groups is 2. The molecule has 2 N–H and O–H groups in total. The molecular formula is C18H27NO6S. The van der Waals surface area contributed by atoms with Gasteiger partial charge in [-0.1, -0.05) is 32.1 Å². The van der Waals surface area contributed by atoms with E-state index in [2.05, 4.69) is 11.9 Å². The Morgan fingerprint density at radius 2 is 2.12 bits per heavy atom. The Balaban J connectivity index is 2.10. The van der Waals surface area contributed by atoms with Crippen molar-refractivity contribution >= 4 is 22.0 Å². The van der Waals surface area contributed by atoms with Gasteiger partial charge in [0.25, 0.3) is 10.1 Å². The minimum atomic E-state index is -3.57. The molecule has 8 heteroatoms.